The summed E-state index contributed by atoms with van der Waals surface area (Å²) in [4.78, 5) is 0. The van der Waals surface area contributed by atoms with Gasteiger partial charge in [-0.2, -0.15) is 13.2 Å². The first kappa shape index (κ1) is 15.8. The van der Waals surface area contributed by atoms with Crippen molar-refractivity contribution >= 4 is 10.8 Å². The third-order valence-electron chi connectivity index (χ3n) is 2.99. The Morgan fingerprint density at radius 1 is 0.952 bits per heavy atom. The van der Waals surface area contributed by atoms with Gasteiger partial charge < -0.3 is 0 Å². The maximum atomic E-state index is 12.6. The molecular weight excluding hydrogens is 297 g/mol. The molecule has 0 aliphatic carbocycles. The van der Waals surface area contributed by atoms with Crippen LogP contribution >= 0.6 is 0 Å². The standard InChI is InChI=1S/C16H15F3OS/c1-12-4-2-5-13(8-12)10-21(20)11-14-6-3-7-15(9-14)16(17,18)19/h2-9H,10-11H2,1H3/t21-/m1/s1. The molecular formula is C16H15F3OS. The van der Waals surface area contributed by atoms with Gasteiger partial charge in [-0.05, 0) is 24.1 Å². The Bertz CT molecular complexity index is 650. The third-order valence-corrected chi connectivity index (χ3v) is 4.30. The number of benzene rings is 2. The van der Waals surface area contributed by atoms with Crippen molar-refractivity contribution in [2.75, 3.05) is 0 Å². The van der Waals surface area contributed by atoms with E-state index in [9.17, 15) is 17.4 Å². The molecule has 0 aliphatic rings. The monoisotopic (exact) mass is 312 g/mol. The second kappa shape index (κ2) is 6.43. The van der Waals surface area contributed by atoms with Crippen LogP contribution in [0, 0.1) is 6.92 Å². The van der Waals surface area contributed by atoms with Gasteiger partial charge in [0, 0.05) is 22.3 Å². The minimum absolute atomic E-state index is 0.123. The average Bonchev–Trinajstić information content (AvgIpc) is 2.37. The highest BCUT2D eigenvalue weighted by molar-refractivity contribution is 7.83. The molecule has 0 saturated carbocycles. The zero-order valence-electron chi connectivity index (χ0n) is 11.5. The highest BCUT2D eigenvalue weighted by Gasteiger charge is 2.30. The number of rotatable bonds is 4. The summed E-state index contributed by atoms with van der Waals surface area (Å²) in [5.74, 6) is 0.468. The topological polar surface area (TPSA) is 17.1 Å². The smallest absolute Gasteiger partial charge is 0.259 e. The van der Waals surface area contributed by atoms with E-state index in [-0.39, 0.29) is 5.75 Å². The fourth-order valence-corrected chi connectivity index (χ4v) is 3.27. The van der Waals surface area contributed by atoms with Crippen LogP contribution in [-0.4, -0.2) is 4.21 Å². The van der Waals surface area contributed by atoms with Crippen LogP contribution in [0.2, 0.25) is 0 Å². The Labute approximate surface area is 124 Å². The maximum Gasteiger partial charge on any atom is 0.416 e. The van der Waals surface area contributed by atoms with Crippen molar-refractivity contribution in [3.8, 4) is 0 Å². The maximum absolute atomic E-state index is 12.6. The minimum Gasteiger partial charge on any atom is -0.259 e. The molecule has 112 valence electrons. The van der Waals surface area contributed by atoms with Gasteiger partial charge in [-0.25, -0.2) is 0 Å². The molecule has 2 aromatic carbocycles. The van der Waals surface area contributed by atoms with E-state index < -0.39 is 22.5 Å². The number of alkyl halides is 3. The Balaban J connectivity index is 2.06. The van der Waals surface area contributed by atoms with Crippen LogP contribution < -0.4 is 0 Å². The number of hydrogen-bond donors (Lipinski definition) is 0. The molecule has 1 atom stereocenters. The lowest BCUT2D eigenvalue weighted by Crippen LogP contribution is -2.06. The lowest BCUT2D eigenvalue weighted by molar-refractivity contribution is -0.137. The van der Waals surface area contributed by atoms with Crippen molar-refractivity contribution in [3.63, 3.8) is 0 Å². The molecule has 0 saturated heterocycles. The number of halogens is 3. The summed E-state index contributed by atoms with van der Waals surface area (Å²) in [6.45, 7) is 1.94. The zero-order valence-corrected chi connectivity index (χ0v) is 12.3. The van der Waals surface area contributed by atoms with Crippen LogP contribution in [0.5, 0.6) is 0 Å². The molecule has 0 unspecified atom stereocenters. The summed E-state index contributed by atoms with van der Waals surface area (Å²) >= 11 is 0. The summed E-state index contributed by atoms with van der Waals surface area (Å²) in [6.07, 6.45) is -4.37. The molecule has 0 spiro atoms. The normalized spacial score (nSPS) is 13.1. The Kier molecular flexibility index (Phi) is 4.83. The largest absolute Gasteiger partial charge is 0.416 e. The number of aryl methyl sites for hydroxylation is 1. The first-order chi connectivity index (χ1) is 9.84. The van der Waals surface area contributed by atoms with Crippen LogP contribution in [0.3, 0.4) is 0 Å². The van der Waals surface area contributed by atoms with Crippen LogP contribution in [0.1, 0.15) is 22.3 Å². The van der Waals surface area contributed by atoms with Gasteiger partial charge in [0.25, 0.3) is 0 Å². The van der Waals surface area contributed by atoms with Gasteiger partial charge in [-0.3, -0.25) is 4.21 Å². The van der Waals surface area contributed by atoms with E-state index >= 15 is 0 Å². The fourth-order valence-electron chi connectivity index (χ4n) is 2.06. The molecule has 1 nitrogen and oxygen atoms in total. The van der Waals surface area contributed by atoms with Crippen molar-refractivity contribution in [1.82, 2.24) is 0 Å². The summed E-state index contributed by atoms with van der Waals surface area (Å²) in [6, 6.07) is 12.6. The average molecular weight is 312 g/mol. The third kappa shape index (κ3) is 4.70. The van der Waals surface area contributed by atoms with Crippen molar-refractivity contribution < 1.29 is 17.4 Å². The van der Waals surface area contributed by atoms with Crippen LogP contribution in [0.15, 0.2) is 48.5 Å². The van der Waals surface area contributed by atoms with E-state index in [1.165, 1.54) is 6.07 Å². The van der Waals surface area contributed by atoms with Gasteiger partial charge in [0.2, 0.25) is 0 Å². The molecule has 0 radical (unpaired) electrons. The van der Waals surface area contributed by atoms with Gasteiger partial charge >= 0.3 is 6.18 Å². The van der Waals surface area contributed by atoms with Crippen LogP contribution in [-0.2, 0) is 28.5 Å². The lowest BCUT2D eigenvalue weighted by atomic mass is 10.1. The predicted molar refractivity (Wildman–Crippen MR) is 78.2 cm³/mol. The summed E-state index contributed by atoms with van der Waals surface area (Å²) in [5, 5.41) is 0. The lowest BCUT2D eigenvalue weighted by Gasteiger charge is -2.09. The van der Waals surface area contributed by atoms with Gasteiger partial charge in [0.05, 0.1) is 5.56 Å². The predicted octanol–water partition coefficient (Wildman–Crippen LogP) is 4.46. The molecule has 0 aliphatic heterocycles. The highest BCUT2D eigenvalue weighted by atomic mass is 32.2. The zero-order chi connectivity index (χ0) is 15.5. The van der Waals surface area contributed by atoms with Crippen LogP contribution in [0.4, 0.5) is 13.2 Å². The number of hydrogen-bond acceptors (Lipinski definition) is 1. The molecule has 0 N–H and O–H groups in total. The molecule has 0 aromatic heterocycles. The first-order valence-electron chi connectivity index (χ1n) is 6.41. The Morgan fingerprint density at radius 3 is 2.10 bits per heavy atom. The van der Waals surface area contributed by atoms with E-state index in [0.717, 1.165) is 23.3 Å². The van der Waals surface area contributed by atoms with Gasteiger partial charge in [0.1, 0.15) is 0 Å². The Morgan fingerprint density at radius 2 is 1.52 bits per heavy atom. The molecule has 21 heavy (non-hydrogen) atoms. The molecule has 0 bridgehead atoms. The van der Waals surface area contributed by atoms with Crippen molar-refractivity contribution in [3.05, 3.63) is 70.8 Å². The summed E-state index contributed by atoms with van der Waals surface area (Å²) in [7, 11) is -1.23. The van der Waals surface area contributed by atoms with Gasteiger partial charge in [0.15, 0.2) is 0 Å². The summed E-state index contributed by atoms with van der Waals surface area (Å²) < 4.78 is 49.9. The minimum atomic E-state index is -4.37. The van der Waals surface area contributed by atoms with Crippen molar-refractivity contribution in [1.29, 1.82) is 0 Å². The Hall–Kier alpha value is -1.62. The molecule has 0 fully saturated rings. The van der Waals surface area contributed by atoms with E-state index in [2.05, 4.69) is 0 Å². The second-order valence-corrected chi connectivity index (χ2v) is 6.37. The van der Waals surface area contributed by atoms with E-state index in [1.54, 1.807) is 6.07 Å². The van der Waals surface area contributed by atoms with Crippen LogP contribution in [0.25, 0.3) is 0 Å². The molecule has 2 aromatic rings. The SMILES string of the molecule is Cc1cccc(C[S@@](=O)Cc2cccc(C(F)(F)F)c2)c1. The van der Waals surface area contributed by atoms with Gasteiger partial charge in [-0.15, -0.1) is 0 Å². The van der Waals surface area contributed by atoms with Crippen molar-refractivity contribution in [2.45, 2.75) is 24.6 Å². The fraction of sp³-hybridized carbons (Fsp3) is 0.250. The molecule has 0 heterocycles. The van der Waals surface area contributed by atoms with E-state index in [0.29, 0.717) is 11.3 Å². The quantitative estimate of drug-likeness (QED) is 0.814. The first-order valence-corrected chi connectivity index (χ1v) is 7.90. The van der Waals surface area contributed by atoms with E-state index in [1.807, 2.05) is 31.2 Å². The summed E-state index contributed by atoms with van der Waals surface area (Å²) in [5.41, 5.74) is 1.74. The van der Waals surface area contributed by atoms with Crippen molar-refractivity contribution in [2.24, 2.45) is 0 Å². The molecule has 5 heteroatoms. The molecule has 2 rings (SSSR count). The highest BCUT2D eigenvalue weighted by Crippen LogP contribution is 2.29. The second-order valence-electron chi connectivity index (χ2n) is 4.92. The van der Waals surface area contributed by atoms with Gasteiger partial charge in [-0.1, -0.05) is 48.0 Å². The van der Waals surface area contributed by atoms with E-state index in [4.69, 9.17) is 0 Å². The molecule has 0 amide bonds.